The molecule has 26 heavy (non-hydrogen) atoms. The fourth-order valence-corrected chi connectivity index (χ4v) is 3.04. The molecule has 3 N–H and O–H groups in total. The lowest BCUT2D eigenvalue weighted by atomic mass is 9.95. The van der Waals surface area contributed by atoms with E-state index < -0.39 is 0 Å². The van der Waals surface area contributed by atoms with E-state index in [1.165, 1.54) is 6.08 Å². The molecule has 8 heteroatoms. The average molecular weight is 355 g/mol. The number of nitrogens with one attached hydrogen (secondary N) is 3. The van der Waals surface area contributed by atoms with Crippen molar-refractivity contribution in [2.45, 2.75) is 19.8 Å². The molecule has 0 radical (unpaired) electrons. The monoisotopic (exact) mass is 355 g/mol. The van der Waals surface area contributed by atoms with Gasteiger partial charge in [0.2, 0.25) is 11.8 Å². The highest BCUT2D eigenvalue weighted by molar-refractivity contribution is 5.94. The van der Waals surface area contributed by atoms with Gasteiger partial charge in [0.15, 0.2) is 5.82 Å². The largest absolute Gasteiger partial charge is 0.340 e. The van der Waals surface area contributed by atoms with Gasteiger partial charge in [-0.05, 0) is 37.5 Å². The average Bonchev–Trinajstić information content (AvgIpc) is 3.09. The Bertz CT molecular complexity index is 890. The standard InChI is InChI=1S/C18H21N5O3/c1-3-15(24)23-8-6-12(7-9-23)17(25)19-14-10-13(5-4-11(14)2)16-20-18(26)22-21-16/h3-5,10,12H,1,6-9H2,2H3,(H,19,25)(H2,20,21,22,26). The van der Waals surface area contributed by atoms with Crippen LogP contribution in [0.1, 0.15) is 18.4 Å². The number of benzene rings is 1. The first-order valence-electron chi connectivity index (χ1n) is 8.46. The second-order valence-electron chi connectivity index (χ2n) is 6.35. The van der Waals surface area contributed by atoms with Crippen molar-refractivity contribution >= 4 is 17.5 Å². The van der Waals surface area contributed by atoms with Crippen molar-refractivity contribution in [3.63, 3.8) is 0 Å². The quantitative estimate of drug-likeness (QED) is 0.721. The second-order valence-corrected chi connectivity index (χ2v) is 6.35. The lowest BCUT2D eigenvalue weighted by molar-refractivity contribution is -0.130. The van der Waals surface area contributed by atoms with Crippen LogP contribution in [0.2, 0.25) is 0 Å². The van der Waals surface area contributed by atoms with E-state index in [1.54, 1.807) is 11.0 Å². The zero-order chi connectivity index (χ0) is 18.7. The van der Waals surface area contributed by atoms with Crippen LogP contribution >= 0.6 is 0 Å². The Kier molecular flexibility index (Phi) is 5.01. The zero-order valence-corrected chi connectivity index (χ0v) is 14.5. The Balaban J connectivity index is 1.69. The molecule has 1 aromatic carbocycles. The van der Waals surface area contributed by atoms with E-state index in [9.17, 15) is 14.4 Å². The Labute approximate surface area is 150 Å². The number of likely N-dealkylation sites (tertiary alicyclic amines) is 1. The Morgan fingerprint density at radius 1 is 1.35 bits per heavy atom. The summed E-state index contributed by atoms with van der Waals surface area (Å²) in [4.78, 5) is 39.7. The Hall–Kier alpha value is -3.16. The minimum atomic E-state index is -0.382. The van der Waals surface area contributed by atoms with Crippen molar-refractivity contribution in [2.24, 2.45) is 5.92 Å². The summed E-state index contributed by atoms with van der Waals surface area (Å²) in [5, 5.41) is 9.19. The van der Waals surface area contributed by atoms with E-state index >= 15 is 0 Å². The lowest BCUT2D eigenvalue weighted by Crippen LogP contribution is -2.40. The van der Waals surface area contributed by atoms with E-state index in [0.29, 0.717) is 43.0 Å². The zero-order valence-electron chi connectivity index (χ0n) is 14.5. The first kappa shape index (κ1) is 17.7. The summed E-state index contributed by atoms with van der Waals surface area (Å²) >= 11 is 0. The number of carbonyl (C=O) groups excluding carboxylic acids is 2. The van der Waals surface area contributed by atoms with Gasteiger partial charge in [-0.2, -0.15) is 5.10 Å². The van der Waals surface area contributed by atoms with E-state index in [-0.39, 0.29) is 23.4 Å². The number of piperidine rings is 1. The molecule has 2 heterocycles. The molecule has 3 rings (SSSR count). The number of rotatable bonds is 4. The number of nitrogens with zero attached hydrogens (tertiary/aromatic N) is 2. The van der Waals surface area contributed by atoms with Gasteiger partial charge in [-0.25, -0.2) is 9.89 Å². The van der Waals surface area contributed by atoms with Crippen LogP contribution in [0.5, 0.6) is 0 Å². The molecule has 0 aliphatic carbocycles. The third kappa shape index (κ3) is 3.74. The second kappa shape index (κ2) is 7.38. The highest BCUT2D eigenvalue weighted by Gasteiger charge is 2.26. The van der Waals surface area contributed by atoms with Gasteiger partial charge in [-0.15, -0.1) is 0 Å². The molecule has 136 valence electrons. The van der Waals surface area contributed by atoms with Crippen LogP contribution in [0.15, 0.2) is 35.6 Å². The molecule has 0 saturated carbocycles. The van der Waals surface area contributed by atoms with Crippen molar-refractivity contribution < 1.29 is 9.59 Å². The maximum atomic E-state index is 12.6. The fourth-order valence-electron chi connectivity index (χ4n) is 3.04. The van der Waals surface area contributed by atoms with E-state index in [0.717, 1.165) is 5.56 Å². The number of hydrogen-bond donors (Lipinski definition) is 3. The molecule has 0 bridgehead atoms. The molecule has 0 unspecified atom stereocenters. The summed E-state index contributed by atoms with van der Waals surface area (Å²) in [5.74, 6) is 0.116. The third-order valence-electron chi connectivity index (χ3n) is 4.62. The van der Waals surface area contributed by atoms with Gasteiger partial charge >= 0.3 is 5.69 Å². The topological polar surface area (TPSA) is 111 Å². The number of anilines is 1. The van der Waals surface area contributed by atoms with Gasteiger partial charge in [-0.3, -0.25) is 14.6 Å². The number of hydrogen-bond acceptors (Lipinski definition) is 4. The molecule has 8 nitrogen and oxygen atoms in total. The SMILES string of the molecule is C=CC(=O)N1CCC(C(=O)Nc2cc(-c3n[nH]c(=O)[nH]3)ccc2C)CC1. The van der Waals surface area contributed by atoms with Crippen LogP contribution in [0, 0.1) is 12.8 Å². The number of H-pyrrole nitrogens is 2. The first-order chi connectivity index (χ1) is 12.5. The summed E-state index contributed by atoms with van der Waals surface area (Å²) in [5.41, 5.74) is 1.92. The molecule has 0 atom stereocenters. The molecule has 1 fully saturated rings. The maximum Gasteiger partial charge on any atom is 0.340 e. The first-order valence-corrected chi connectivity index (χ1v) is 8.46. The fraction of sp³-hybridized carbons (Fsp3) is 0.333. The predicted molar refractivity (Wildman–Crippen MR) is 97.5 cm³/mol. The molecule has 2 amide bonds. The molecule has 2 aromatic rings. The van der Waals surface area contributed by atoms with Crippen molar-refractivity contribution in [3.05, 3.63) is 46.9 Å². The number of aryl methyl sites for hydroxylation is 1. The van der Waals surface area contributed by atoms with Crippen molar-refractivity contribution in [2.75, 3.05) is 18.4 Å². The molecular formula is C18H21N5O3. The number of carbonyl (C=O) groups is 2. The van der Waals surface area contributed by atoms with Crippen LogP contribution in [0.4, 0.5) is 5.69 Å². The summed E-state index contributed by atoms with van der Waals surface area (Å²) in [7, 11) is 0. The van der Waals surface area contributed by atoms with Gasteiger partial charge in [0.25, 0.3) is 0 Å². The minimum absolute atomic E-state index is 0.0635. The van der Waals surface area contributed by atoms with Crippen LogP contribution in [-0.4, -0.2) is 45.0 Å². The van der Waals surface area contributed by atoms with Crippen LogP contribution < -0.4 is 11.0 Å². The number of aromatic amines is 2. The number of aromatic nitrogens is 3. The molecule has 1 aliphatic heterocycles. The maximum absolute atomic E-state index is 12.6. The van der Waals surface area contributed by atoms with Crippen LogP contribution in [0.3, 0.4) is 0 Å². The van der Waals surface area contributed by atoms with Gasteiger partial charge in [0.1, 0.15) is 0 Å². The van der Waals surface area contributed by atoms with Crippen LogP contribution in [-0.2, 0) is 9.59 Å². The highest BCUT2D eigenvalue weighted by Crippen LogP contribution is 2.25. The summed E-state index contributed by atoms with van der Waals surface area (Å²) in [6.07, 6.45) is 2.54. The summed E-state index contributed by atoms with van der Waals surface area (Å²) in [6.45, 7) is 6.50. The highest BCUT2D eigenvalue weighted by atomic mass is 16.2. The van der Waals surface area contributed by atoms with Crippen LogP contribution in [0.25, 0.3) is 11.4 Å². The van der Waals surface area contributed by atoms with E-state index in [1.807, 2.05) is 19.1 Å². The van der Waals surface area contributed by atoms with Gasteiger partial charge in [-0.1, -0.05) is 18.7 Å². The summed E-state index contributed by atoms with van der Waals surface area (Å²) in [6, 6.07) is 5.48. The van der Waals surface area contributed by atoms with Crippen molar-refractivity contribution in [1.82, 2.24) is 20.1 Å². The van der Waals surface area contributed by atoms with Gasteiger partial charge in [0, 0.05) is 30.3 Å². The smallest absolute Gasteiger partial charge is 0.339 e. The molecule has 1 aliphatic rings. The van der Waals surface area contributed by atoms with E-state index in [4.69, 9.17) is 0 Å². The predicted octanol–water partition coefficient (Wildman–Crippen LogP) is 1.44. The molecular weight excluding hydrogens is 334 g/mol. The molecule has 0 spiro atoms. The minimum Gasteiger partial charge on any atom is -0.339 e. The van der Waals surface area contributed by atoms with Crippen molar-refractivity contribution in [1.29, 1.82) is 0 Å². The van der Waals surface area contributed by atoms with Gasteiger partial charge < -0.3 is 10.2 Å². The third-order valence-corrected chi connectivity index (χ3v) is 4.62. The van der Waals surface area contributed by atoms with E-state index in [2.05, 4.69) is 27.1 Å². The normalized spacial score (nSPS) is 14.9. The van der Waals surface area contributed by atoms with Gasteiger partial charge in [0.05, 0.1) is 0 Å². The van der Waals surface area contributed by atoms with Crippen molar-refractivity contribution in [3.8, 4) is 11.4 Å². The molecule has 1 aromatic heterocycles. The lowest BCUT2D eigenvalue weighted by Gasteiger charge is -2.30. The molecule has 1 saturated heterocycles. The Morgan fingerprint density at radius 3 is 2.69 bits per heavy atom. The Morgan fingerprint density at radius 2 is 2.08 bits per heavy atom. The number of amides is 2. The summed E-state index contributed by atoms with van der Waals surface area (Å²) < 4.78 is 0.